The molecule has 2 aliphatic heterocycles. The smallest absolute Gasteiger partial charge is 0.219 e. The molecule has 2 aliphatic rings. The number of ether oxygens (including phenoxy) is 2. The normalized spacial score (nSPS) is 17.0. The maximum Gasteiger partial charge on any atom is 0.219 e. The topological polar surface area (TPSA) is 112 Å². The Hall–Kier alpha value is -4.32. The minimum Gasteiger partial charge on any atom is -0.439 e. The summed E-state index contributed by atoms with van der Waals surface area (Å²) in [5.41, 5.74) is 12.2. The van der Waals surface area contributed by atoms with Crippen LogP contribution < -0.4 is 10.5 Å². The molecule has 2 N–H and O–H groups in total. The van der Waals surface area contributed by atoms with Crippen LogP contribution in [-0.4, -0.2) is 91.6 Å². The van der Waals surface area contributed by atoms with Crippen molar-refractivity contribution in [3.8, 4) is 34.0 Å². The van der Waals surface area contributed by atoms with E-state index in [1.807, 2.05) is 62.6 Å². The Balaban J connectivity index is 1.13. The third-order valence-electron chi connectivity index (χ3n) is 8.87. The Morgan fingerprint density at radius 1 is 0.932 bits per heavy atom. The average Bonchev–Trinajstić information content (AvgIpc) is 3.65. The van der Waals surface area contributed by atoms with Crippen molar-refractivity contribution >= 4 is 16.9 Å². The van der Waals surface area contributed by atoms with E-state index in [2.05, 4.69) is 40.2 Å². The van der Waals surface area contributed by atoms with Gasteiger partial charge in [-0.05, 0) is 43.5 Å². The first-order valence-electron chi connectivity index (χ1n) is 15.4. The molecular formula is C33H39N9O2. The van der Waals surface area contributed by atoms with Crippen LogP contribution in [0.1, 0.15) is 24.6 Å². The summed E-state index contributed by atoms with van der Waals surface area (Å²) >= 11 is 0. The van der Waals surface area contributed by atoms with Gasteiger partial charge < -0.3 is 24.7 Å². The van der Waals surface area contributed by atoms with Crippen LogP contribution in [0.25, 0.3) is 33.4 Å². The highest BCUT2D eigenvalue weighted by Gasteiger charge is 2.26. The molecule has 0 atom stereocenters. The van der Waals surface area contributed by atoms with E-state index >= 15 is 0 Å². The summed E-state index contributed by atoms with van der Waals surface area (Å²) < 4.78 is 15.8. The summed E-state index contributed by atoms with van der Waals surface area (Å²) in [5.74, 6) is 1.73. The van der Waals surface area contributed by atoms with Gasteiger partial charge in [0.2, 0.25) is 5.88 Å². The van der Waals surface area contributed by atoms with Crippen LogP contribution in [-0.2, 0) is 11.8 Å². The second-order valence-corrected chi connectivity index (χ2v) is 11.7. The number of hydrogen-bond donors (Lipinski definition) is 1. The van der Waals surface area contributed by atoms with Gasteiger partial charge in [-0.15, -0.1) is 0 Å². The van der Waals surface area contributed by atoms with Gasteiger partial charge in [-0.25, -0.2) is 15.0 Å². The first kappa shape index (κ1) is 28.5. The van der Waals surface area contributed by atoms with E-state index in [9.17, 15) is 0 Å². The molecule has 2 saturated heterocycles. The zero-order chi connectivity index (χ0) is 30.0. The maximum absolute atomic E-state index is 6.48. The highest BCUT2D eigenvalue weighted by Crippen LogP contribution is 2.42. The molecule has 11 nitrogen and oxygen atoms in total. The number of nitrogens with two attached hydrogens (primary N) is 1. The van der Waals surface area contributed by atoms with Gasteiger partial charge in [0.05, 0.1) is 36.5 Å². The lowest BCUT2D eigenvalue weighted by molar-refractivity contribution is 0.0314. The molecule has 0 aliphatic carbocycles. The number of pyridine rings is 1. The molecule has 5 aromatic rings. The van der Waals surface area contributed by atoms with Crippen LogP contribution >= 0.6 is 0 Å². The SMILES string of the molecule is Cc1cccc(Oc2ccc(-c3c(-c4cnn(C5CCN(CCN6CCOCC6)CC5)c4)n(C)c4ncnc(N)c34)cc2)n1. The molecule has 228 valence electrons. The van der Waals surface area contributed by atoms with Gasteiger partial charge in [0, 0.05) is 75.4 Å². The first-order valence-corrected chi connectivity index (χ1v) is 15.4. The Kier molecular flexibility index (Phi) is 7.99. The van der Waals surface area contributed by atoms with Crippen molar-refractivity contribution in [1.82, 2.24) is 39.1 Å². The molecule has 4 aromatic heterocycles. The number of hydrogen-bond acceptors (Lipinski definition) is 9. The predicted molar refractivity (Wildman–Crippen MR) is 171 cm³/mol. The fraction of sp³-hybridized carbons (Fsp3) is 0.394. The fourth-order valence-electron chi connectivity index (χ4n) is 6.46. The van der Waals surface area contributed by atoms with E-state index in [4.69, 9.17) is 20.3 Å². The maximum atomic E-state index is 6.48. The van der Waals surface area contributed by atoms with E-state index in [1.54, 1.807) is 0 Å². The number of fused-ring (bicyclic) bond motifs is 1. The van der Waals surface area contributed by atoms with Crippen molar-refractivity contribution in [2.75, 3.05) is 58.2 Å². The summed E-state index contributed by atoms with van der Waals surface area (Å²) in [7, 11) is 2.03. The lowest BCUT2D eigenvalue weighted by atomic mass is 10.00. The Labute approximate surface area is 257 Å². The third-order valence-corrected chi connectivity index (χ3v) is 8.87. The quantitative estimate of drug-likeness (QED) is 0.277. The van der Waals surface area contributed by atoms with E-state index in [0.717, 1.165) is 104 Å². The van der Waals surface area contributed by atoms with E-state index in [0.29, 0.717) is 23.5 Å². The molecule has 0 radical (unpaired) electrons. The summed E-state index contributed by atoms with van der Waals surface area (Å²) in [4.78, 5) is 18.5. The number of likely N-dealkylation sites (tertiary alicyclic amines) is 1. The molecule has 6 heterocycles. The summed E-state index contributed by atoms with van der Waals surface area (Å²) in [6, 6.07) is 14.1. The van der Waals surface area contributed by atoms with Crippen LogP contribution in [0.15, 0.2) is 61.2 Å². The molecule has 1 aromatic carbocycles. The number of nitrogens with zero attached hydrogens (tertiary/aromatic N) is 8. The number of benzene rings is 1. The molecule has 44 heavy (non-hydrogen) atoms. The molecular weight excluding hydrogens is 554 g/mol. The highest BCUT2D eigenvalue weighted by molar-refractivity contribution is 6.07. The Bertz CT molecular complexity index is 1730. The van der Waals surface area contributed by atoms with E-state index < -0.39 is 0 Å². The van der Waals surface area contributed by atoms with Crippen LogP contribution in [0.4, 0.5) is 5.82 Å². The standard InChI is InChI=1S/C33H39N9O2/c1-23-4-3-5-28(38-23)44-27-8-6-24(7-9-27)29-30-32(34)35-22-36-33(30)39(2)31(29)25-20-37-42(21-25)26-10-12-40(13-11-26)14-15-41-16-18-43-19-17-41/h3-9,20-22,26H,10-19H2,1-2H3,(H2,34,35,36). The lowest BCUT2D eigenvalue weighted by Gasteiger charge is -2.34. The second-order valence-electron chi connectivity index (χ2n) is 11.7. The zero-order valence-electron chi connectivity index (χ0n) is 25.4. The monoisotopic (exact) mass is 593 g/mol. The third kappa shape index (κ3) is 5.78. The van der Waals surface area contributed by atoms with Gasteiger partial charge >= 0.3 is 0 Å². The first-order chi connectivity index (χ1) is 21.5. The van der Waals surface area contributed by atoms with Gasteiger partial charge in [-0.1, -0.05) is 18.2 Å². The second kappa shape index (κ2) is 12.4. The molecule has 0 bridgehead atoms. The van der Waals surface area contributed by atoms with Crippen LogP contribution in [0.3, 0.4) is 0 Å². The molecule has 0 spiro atoms. The number of piperidine rings is 1. The minimum atomic E-state index is 0.373. The molecule has 0 unspecified atom stereocenters. The van der Waals surface area contributed by atoms with E-state index in [-0.39, 0.29) is 0 Å². The molecule has 7 rings (SSSR count). The van der Waals surface area contributed by atoms with Crippen LogP contribution in [0.2, 0.25) is 0 Å². The van der Waals surface area contributed by atoms with Crippen molar-refractivity contribution in [1.29, 1.82) is 0 Å². The van der Waals surface area contributed by atoms with Crippen LogP contribution in [0.5, 0.6) is 11.6 Å². The number of rotatable bonds is 8. The van der Waals surface area contributed by atoms with Gasteiger partial charge in [-0.3, -0.25) is 9.58 Å². The summed E-state index contributed by atoms with van der Waals surface area (Å²) in [6.07, 6.45) is 7.83. The largest absolute Gasteiger partial charge is 0.439 e. The molecule has 0 saturated carbocycles. The van der Waals surface area contributed by atoms with Gasteiger partial charge in [0.1, 0.15) is 23.5 Å². The van der Waals surface area contributed by atoms with E-state index in [1.165, 1.54) is 6.33 Å². The van der Waals surface area contributed by atoms with Crippen molar-refractivity contribution in [3.63, 3.8) is 0 Å². The zero-order valence-corrected chi connectivity index (χ0v) is 25.4. The summed E-state index contributed by atoms with van der Waals surface area (Å²) in [5, 5.41) is 5.70. The van der Waals surface area contributed by atoms with Gasteiger partial charge in [0.25, 0.3) is 0 Å². The summed E-state index contributed by atoms with van der Waals surface area (Å²) in [6.45, 7) is 10.1. The van der Waals surface area contributed by atoms with Crippen LogP contribution in [0, 0.1) is 6.92 Å². The average molecular weight is 594 g/mol. The number of anilines is 1. The molecule has 2 fully saturated rings. The van der Waals surface area contributed by atoms with Crippen molar-refractivity contribution in [2.45, 2.75) is 25.8 Å². The lowest BCUT2D eigenvalue weighted by Crippen LogP contribution is -2.43. The van der Waals surface area contributed by atoms with Crippen molar-refractivity contribution in [3.05, 3.63) is 66.9 Å². The fourth-order valence-corrected chi connectivity index (χ4v) is 6.46. The number of aryl methyl sites for hydroxylation is 2. The molecule has 11 heteroatoms. The van der Waals surface area contributed by atoms with Gasteiger partial charge in [-0.2, -0.15) is 5.10 Å². The minimum absolute atomic E-state index is 0.373. The molecule has 0 amide bonds. The number of morpholine rings is 1. The highest BCUT2D eigenvalue weighted by atomic mass is 16.5. The predicted octanol–water partition coefficient (Wildman–Crippen LogP) is 4.55. The number of nitrogen functional groups attached to an aromatic ring is 1. The Morgan fingerprint density at radius 2 is 1.68 bits per heavy atom. The van der Waals surface area contributed by atoms with Crippen molar-refractivity contribution in [2.24, 2.45) is 7.05 Å². The van der Waals surface area contributed by atoms with Gasteiger partial charge in [0.15, 0.2) is 0 Å². The van der Waals surface area contributed by atoms with Crippen molar-refractivity contribution < 1.29 is 9.47 Å². The Morgan fingerprint density at radius 3 is 2.43 bits per heavy atom. The number of aromatic nitrogens is 6.